The van der Waals surface area contributed by atoms with Gasteiger partial charge >= 0.3 is 0 Å². The molecule has 1 fully saturated rings. The number of nitrogens with two attached hydrogens (primary N) is 1. The minimum absolute atomic E-state index is 0.0784. The maximum absolute atomic E-state index is 12.8. The molecule has 2 heterocycles. The van der Waals surface area contributed by atoms with Crippen molar-refractivity contribution < 1.29 is 4.39 Å². The highest BCUT2D eigenvalue weighted by Gasteiger charge is 2.28. The SMILES string of the molecule is Cn1cc(C#Cc2cnc(Cl)cc2N[C@H]2CC[C@H](N)C(CCF)C2)cn1. The highest BCUT2D eigenvalue weighted by Crippen LogP contribution is 2.29. The zero-order chi connectivity index (χ0) is 18.5. The van der Waals surface area contributed by atoms with Gasteiger partial charge in [-0.1, -0.05) is 23.4 Å². The summed E-state index contributed by atoms with van der Waals surface area (Å²) in [5, 5.41) is 8.04. The van der Waals surface area contributed by atoms with Crippen molar-refractivity contribution in [3.8, 4) is 11.8 Å². The van der Waals surface area contributed by atoms with Crippen molar-refractivity contribution in [2.45, 2.75) is 37.8 Å². The molecule has 1 aliphatic rings. The third-order valence-electron chi connectivity index (χ3n) is 4.80. The summed E-state index contributed by atoms with van der Waals surface area (Å²) in [5.74, 6) is 6.42. The van der Waals surface area contributed by atoms with Crippen molar-refractivity contribution >= 4 is 17.3 Å². The normalized spacial score (nSPS) is 22.5. The molecule has 0 bridgehead atoms. The lowest BCUT2D eigenvalue weighted by Crippen LogP contribution is -2.40. The van der Waals surface area contributed by atoms with Gasteiger partial charge in [-0.2, -0.15) is 5.10 Å². The predicted octanol–water partition coefficient (Wildman–Crippen LogP) is 3.14. The maximum Gasteiger partial charge on any atom is 0.131 e. The van der Waals surface area contributed by atoms with Gasteiger partial charge in [0.15, 0.2) is 0 Å². The summed E-state index contributed by atoms with van der Waals surface area (Å²) in [6.07, 6.45) is 8.44. The van der Waals surface area contributed by atoms with Crippen LogP contribution in [0, 0.1) is 17.8 Å². The Morgan fingerprint density at radius 1 is 1.38 bits per heavy atom. The minimum Gasteiger partial charge on any atom is -0.381 e. The molecule has 0 amide bonds. The molecule has 7 heteroatoms. The molecular weight excluding hydrogens is 353 g/mol. The molecule has 26 heavy (non-hydrogen) atoms. The molecule has 0 aliphatic heterocycles. The first-order chi connectivity index (χ1) is 12.5. The Balaban J connectivity index is 1.77. The summed E-state index contributed by atoms with van der Waals surface area (Å²) in [5.41, 5.74) is 8.59. The first-order valence-corrected chi connectivity index (χ1v) is 9.17. The molecule has 1 saturated carbocycles. The molecule has 2 aromatic rings. The van der Waals surface area contributed by atoms with E-state index in [1.54, 1.807) is 23.1 Å². The summed E-state index contributed by atoms with van der Waals surface area (Å²) in [6, 6.07) is 2.09. The number of alkyl halides is 1. The van der Waals surface area contributed by atoms with Crippen LogP contribution in [-0.4, -0.2) is 33.5 Å². The van der Waals surface area contributed by atoms with Gasteiger partial charge in [-0.25, -0.2) is 4.98 Å². The molecule has 0 radical (unpaired) electrons. The molecule has 0 spiro atoms. The van der Waals surface area contributed by atoms with Crippen molar-refractivity contribution in [3.63, 3.8) is 0 Å². The fourth-order valence-electron chi connectivity index (χ4n) is 3.38. The van der Waals surface area contributed by atoms with E-state index >= 15 is 0 Å². The number of aryl methyl sites for hydroxylation is 1. The second-order valence-electron chi connectivity index (χ2n) is 6.76. The van der Waals surface area contributed by atoms with Crippen LogP contribution < -0.4 is 11.1 Å². The van der Waals surface area contributed by atoms with E-state index in [2.05, 4.69) is 27.2 Å². The highest BCUT2D eigenvalue weighted by atomic mass is 35.5. The Morgan fingerprint density at radius 3 is 2.96 bits per heavy atom. The van der Waals surface area contributed by atoms with Gasteiger partial charge in [0.25, 0.3) is 0 Å². The van der Waals surface area contributed by atoms with Crippen LogP contribution in [0.1, 0.15) is 36.8 Å². The van der Waals surface area contributed by atoms with Crippen molar-refractivity contribution in [1.29, 1.82) is 0 Å². The second kappa shape index (κ2) is 8.52. The van der Waals surface area contributed by atoms with Crippen LogP contribution in [0.25, 0.3) is 0 Å². The van der Waals surface area contributed by atoms with E-state index in [1.807, 2.05) is 13.2 Å². The molecule has 3 rings (SSSR count). The van der Waals surface area contributed by atoms with Gasteiger partial charge in [-0.05, 0) is 37.7 Å². The molecule has 3 atom stereocenters. The molecule has 0 aromatic carbocycles. The van der Waals surface area contributed by atoms with Gasteiger partial charge in [0.2, 0.25) is 0 Å². The number of halogens is 2. The van der Waals surface area contributed by atoms with Crippen LogP contribution in [-0.2, 0) is 7.05 Å². The molecule has 1 aliphatic carbocycles. The van der Waals surface area contributed by atoms with Crippen LogP contribution >= 0.6 is 11.6 Å². The standard InChI is InChI=1S/C19H23ClFN5/c1-26-12-13(10-24-26)2-3-15-11-23-19(20)9-18(15)25-16-4-5-17(22)14(8-16)6-7-21/h9-12,14,16-17H,4-8,22H2,1H3,(H,23,25)/t14?,16-,17-/m0/s1. The Labute approximate surface area is 158 Å². The Hall–Kier alpha value is -2.10. The van der Waals surface area contributed by atoms with Gasteiger partial charge in [0, 0.05) is 31.5 Å². The maximum atomic E-state index is 12.8. The van der Waals surface area contributed by atoms with E-state index in [4.69, 9.17) is 17.3 Å². The molecule has 138 valence electrons. The highest BCUT2D eigenvalue weighted by molar-refractivity contribution is 6.29. The first-order valence-electron chi connectivity index (χ1n) is 8.79. The zero-order valence-corrected chi connectivity index (χ0v) is 15.5. The number of hydrogen-bond acceptors (Lipinski definition) is 4. The fourth-order valence-corrected chi connectivity index (χ4v) is 3.54. The lowest BCUT2D eigenvalue weighted by Gasteiger charge is -2.34. The van der Waals surface area contributed by atoms with Crippen molar-refractivity contribution in [2.24, 2.45) is 18.7 Å². The van der Waals surface area contributed by atoms with E-state index in [1.165, 1.54) is 0 Å². The van der Waals surface area contributed by atoms with Crippen LogP contribution in [0.15, 0.2) is 24.7 Å². The number of anilines is 1. The van der Waals surface area contributed by atoms with Gasteiger partial charge in [0.1, 0.15) is 5.15 Å². The summed E-state index contributed by atoms with van der Waals surface area (Å²) < 4.78 is 14.5. The minimum atomic E-state index is -0.325. The van der Waals surface area contributed by atoms with E-state index in [0.717, 1.165) is 36.1 Å². The number of hydrogen-bond donors (Lipinski definition) is 2. The fraction of sp³-hybridized carbons (Fsp3) is 0.474. The van der Waals surface area contributed by atoms with Crippen molar-refractivity contribution in [3.05, 3.63) is 40.9 Å². The number of nitrogens with zero attached hydrogens (tertiary/aromatic N) is 3. The van der Waals surface area contributed by atoms with E-state index in [0.29, 0.717) is 11.6 Å². The van der Waals surface area contributed by atoms with Crippen LogP contribution in [0.2, 0.25) is 5.15 Å². The van der Waals surface area contributed by atoms with Crippen LogP contribution in [0.5, 0.6) is 0 Å². The van der Waals surface area contributed by atoms with E-state index in [-0.39, 0.29) is 24.7 Å². The monoisotopic (exact) mass is 375 g/mol. The molecule has 5 nitrogen and oxygen atoms in total. The van der Waals surface area contributed by atoms with Crippen LogP contribution in [0.4, 0.5) is 10.1 Å². The van der Waals surface area contributed by atoms with E-state index < -0.39 is 0 Å². The topological polar surface area (TPSA) is 68.8 Å². The Bertz CT molecular complexity index is 810. The van der Waals surface area contributed by atoms with Crippen LogP contribution in [0.3, 0.4) is 0 Å². The largest absolute Gasteiger partial charge is 0.381 e. The van der Waals surface area contributed by atoms with E-state index in [9.17, 15) is 4.39 Å². The number of aromatic nitrogens is 3. The Kier molecular flexibility index (Phi) is 6.12. The second-order valence-corrected chi connectivity index (χ2v) is 7.15. The summed E-state index contributed by atoms with van der Waals surface area (Å²) in [6.45, 7) is -0.325. The van der Waals surface area contributed by atoms with Crippen molar-refractivity contribution in [1.82, 2.24) is 14.8 Å². The van der Waals surface area contributed by atoms with Crippen molar-refractivity contribution in [2.75, 3.05) is 12.0 Å². The number of pyridine rings is 1. The smallest absolute Gasteiger partial charge is 0.131 e. The summed E-state index contributed by atoms with van der Waals surface area (Å²) in [7, 11) is 1.85. The average molecular weight is 376 g/mol. The lowest BCUT2D eigenvalue weighted by atomic mass is 9.80. The van der Waals surface area contributed by atoms with Gasteiger partial charge in [0.05, 0.1) is 29.7 Å². The third kappa shape index (κ3) is 4.75. The lowest BCUT2D eigenvalue weighted by molar-refractivity contribution is 0.254. The first kappa shape index (κ1) is 18.7. The predicted molar refractivity (Wildman–Crippen MR) is 102 cm³/mol. The molecule has 2 aromatic heterocycles. The van der Waals surface area contributed by atoms with Gasteiger partial charge in [-0.3, -0.25) is 9.07 Å². The molecule has 3 N–H and O–H groups in total. The number of nitrogens with one attached hydrogen (secondary N) is 1. The summed E-state index contributed by atoms with van der Waals surface area (Å²) in [4.78, 5) is 4.14. The zero-order valence-electron chi connectivity index (χ0n) is 14.8. The quantitative estimate of drug-likeness (QED) is 0.636. The van der Waals surface area contributed by atoms with Gasteiger partial charge < -0.3 is 11.1 Å². The average Bonchev–Trinajstić information content (AvgIpc) is 3.03. The Morgan fingerprint density at radius 2 is 2.23 bits per heavy atom. The molecule has 0 saturated heterocycles. The third-order valence-corrected chi connectivity index (χ3v) is 5.00. The number of rotatable bonds is 4. The van der Waals surface area contributed by atoms with Gasteiger partial charge in [-0.15, -0.1) is 0 Å². The summed E-state index contributed by atoms with van der Waals surface area (Å²) >= 11 is 6.07. The molecule has 1 unspecified atom stereocenters. The molecular formula is C19H23ClFN5.